The molecule has 16 heavy (non-hydrogen) atoms. The Morgan fingerprint density at radius 3 is 2.31 bits per heavy atom. The average molecular weight is 224 g/mol. The minimum atomic E-state index is -0.342. The monoisotopic (exact) mass is 224 g/mol. The molecule has 1 aromatic carbocycles. The zero-order valence-corrected chi connectivity index (χ0v) is 10.7. The van der Waals surface area contributed by atoms with Gasteiger partial charge < -0.3 is 9.47 Å². The molecule has 0 N–H and O–H groups in total. The van der Waals surface area contributed by atoms with Gasteiger partial charge in [0.25, 0.3) is 0 Å². The fourth-order valence-corrected chi connectivity index (χ4v) is 1.28. The van der Waals surface area contributed by atoms with E-state index in [4.69, 9.17) is 4.74 Å². The van der Waals surface area contributed by atoms with Gasteiger partial charge in [0.05, 0.1) is 19.8 Å². The highest BCUT2D eigenvalue weighted by molar-refractivity contribution is 5.89. The van der Waals surface area contributed by atoms with Gasteiger partial charge >= 0.3 is 5.97 Å². The van der Waals surface area contributed by atoms with Gasteiger partial charge in [-0.1, -0.05) is 26.8 Å². The van der Waals surface area contributed by atoms with E-state index >= 15 is 0 Å². The Labute approximate surface area is 97.4 Å². The molecule has 1 rings (SSSR count). The van der Waals surface area contributed by atoms with E-state index in [0.29, 0.717) is 5.56 Å². The summed E-state index contributed by atoms with van der Waals surface area (Å²) in [6, 6.07) is 5.32. The number of hydrogen-bond acceptors (Lipinski definition) is 3. The molecule has 90 valence electrons. The summed E-state index contributed by atoms with van der Waals surface area (Å²) in [6.07, 6.45) is 0.880. The van der Waals surface area contributed by atoms with Crippen molar-refractivity contribution < 1.29 is 14.3 Å². The smallest absolute Gasteiger partial charge is 0.337 e. The summed E-state index contributed by atoms with van der Waals surface area (Å²) < 4.78 is 9.78. The van der Waals surface area contributed by atoms with Crippen molar-refractivity contribution in [1.82, 2.24) is 0 Å². The fraction of sp³-hybridized carbons (Fsp3) is 0.462. The first kappa shape index (κ1) is 14.5. The highest BCUT2D eigenvalue weighted by Gasteiger charge is 2.08. The SMILES string of the molecule is CC.CCc1ccc(C(=O)OC)cc1OC. The molecule has 0 fully saturated rings. The van der Waals surface area contributed by atoms with Gasteiger partial charge in [0.2, 0.25) is 0 Å². The molecule has 0 aliphatic carbocycles. The lowest BCUT2D eigenvalue weighted by atomic mass is 10.1. The molecule has 0 aliphatic rings. The molecular weight excluding hydrogens is 204 g/mol. The van der Waals surface area contributed by atoms with Crippen molar-refractivity contribution in [1.29, 1.82) is 0 Å². The van der Waals surface area contributed by atoms with Gasteiger partial charge in [-0.2, -0.15) is 0 Å². The van der Waals surface area contributed by atoms with E-state index in [0.717, 1.165) is 17.7 Å². The topological polar surface area (TPSA) is 35.5 Å². The number of rotatable bonds is 3. The van der Waals surface area contributed by atoms with Crippen LogP contribution in [-0.2, 0) is 11.2 Å². The van der Waals surface area contributed by atoms with Gasteiger partial charge in [0.1, 0.15) is 5.75 Å². The first-order valence-corrected chi connectivity index (χ1v) is 5.48. The highest BCUT2D eigenvalue weighted by Crippen LogP contribution is 2.20. The highest BCUT2D eigenvalue weighted by atomic mass is 16.5. The van der Waals surface area contributed by atoms with Crippen LogP contribution < -0.4 is 4.74 Å². The number of benzene rings is 1. The second-order valence-electron chi connectivity index (χ2n) is 2.87. The molecule has 0 radical (unpaired) electrons. The molecule has 3 nitrogen and oxygen atoms in total. The van der Waals surface area contributed by atoms with Gasteiger partial charge in [-0.15, -0.1) is 0 Å². The Bertz CT molecular complexity index is 332. The molecule has 0 saturated heterocycles. The average Bonchev–Trinajstić information content (AvgIpc) is 2.39. The van der Waals surface area contributed by atoms with Crippen LogP contribution >= 0.6 is 0 Å². The number of carbonyl (C=O) groups excluding carboxylic acids is 1. The number of aryl methyl sites for hydroxylation is 1. The number of hydrogen-bond donors (Lipinski definition) is 0. The standard InChI is InChI=1S/C11H14O3.C2H6/c1-4-8-5-6-9(11(12)14-3)7-10(8)13-2;1-2/h5-7H,4H2,1-3H3;1-2H3. The van der Waals surface area contributed by atoms with Crippen LogP contribution in [0.3, 0.4) is 0 Å². The zero-order chi connectivity index (χ0) is 12.6. The van der Waals surface area contributed by atoms with Crippen molar-refractivity contribution >= 4 is 5.97 Å². The lowest BCUT2D eigenvalue weighted by molar-refractivity contribution is 0.0600. The second kappa shape index (κ2) is 7.74. The van der Waals surface area contributed by atoms with Crippen molar-refractivity contribution in [2.24, 2.45) is 0 Å². The van der Waals surface area contributed by atoms with Crippen LogP contribution in [0.15, 0.2) is 18.2 Å². The Balaban J connectivity index is 0.00000106. The normalized spacial score (nSPS) is 8.81. The minimum Gasteiger partial charge on any atom is -0.496 e. The van der Waals surface area contributed by atoms with Crippen molar-refractivity contribution in [3.8, 4) is 5.75 Å². The Morgan fingerprint density at radius 2 is 1.88 bits per heavy atom. The number of methoxy groups -OCH3 is 2. The van der Waals surface area contributed by atoms with Gasteiger partial charge in [-0.05, 0) is 24.1 Å². The Hall–Kier alpha value is -1.51. The molecule has 0 bridgehead atoms. The van der Waals surface area contributed by atoms with E-state index in [1.54, 1.807) is 19.2 Å². The van der Waals surface area contributed by atoms with Crippen molar-refractivity contribution in [3.63, 3.8) is 0 Å². The van der Waals surface area contributed by atoms with E-state index in [1.807, 2.05) is 26.8 Å². The molecule has 1 aromatic rings. The molecule has 0 spiro atoms. The van der Waals surface area contributed by atoms with Gasteiger partial charge in [-0.25, -0.2) is 4.79 Å². The van der Waals surface area contributed by atoms with Crippen LogP contribution in [0.2, 0.25) is 0 Å². The lowest BCUT2D eigenvalue weighted by Gasteiger charge is -2.07. The van der Waals surface area contributed by atoms with Crippen LogP contribution in [0, 0.1) is 0 Å². The van der Waals surface area contributed by atoms with Gasteiger partial charge in [0, 0.05) is 0 Å². The molecule has 0 atom stereocenters. The summed E-state index contributed by atoms with van der Waals surface area (Å²) >= 11 is 0. The maximum atomic E-state index is 11.2. The van der Waals surface area contributed by atoms with Gasteiger partial charge in [-0.3, -0.25) is 0 Å². The Kier molecular flexibility index (Phi) is 7.01. The maximum absolute atomic E-state index is 11.2. The molecule has 0 unspecified atom stereocenters. The summed E-state index contributed by atoms with van der Waals surface area (Å²) in [7, 11) is 2.96. The summed E-state index contributed by atoms with van der Waals surface area (Å²) in [4.78, 5) is 11.2. The predicted molar refractivity (Wildman–Crippen MR) is 65.1 cm³/mol. The third kappa shape index (κ3) is 3.57. The summed E-state index contributed by atoms with van der Waals surface area (Å²) in [5, 5.41) is 0. The molecule has 0 amide bonds. The lowest BCUT2D eigenvalue weighted by Crippen LogP contribution is -2.02. The maximum Gasteiger partial charge on any atom is 0.337 e. The number of ether oxygens (including phenoxy) is 2. The zero-order valence-electron chi connectivity index (χ0n) is 10.7. The summed E-state index contributed by atoms with van der Waals surface area (Å²) in [6.45, 7) is 6.04. The molecular formula is C13H20O3. The first-order valence-electron chi connectivity index (χ1n) is 5.48. The quantitative estimate of drug-likeness (QED) is 0.740. The molecule has 0 aliphatic heterocycles. The molecule has 3 heteroatoms. The van der Waals surface area contributed by atoms with Crippen LogP contribution in [0.1, 0.15) is 36.7 Å². The van der Waals surface area contributed by atoms with Crippen molar-refractivity contribution in [2.75, 3.05) is 14.2 Å². The second-order valence-corrected chi connectivity index (χ2v) is 2.87. The van der Waals surface area contributed by atoms with Crippen molar-refractivity contribution in [2.45, 2.75) is 27.2 Å². The third-order valence-corrected chi connectivity index (χ3v) is 2.09. The predicted octanol–water partition coefficient (Wildman–Crippen LogP) is 3.07. The van der Waals surface area contributed by atoms with Crippen LogP contribution in [-0.4, -0.2) is 20.2 Å². The van der Waals surface area contributed by atoms with Crippen LogP contribution in [0.5, 0.6) is 5.75 Å². The molecule has 0 saturated carbocycles. The van der Waals surface area contributed by atoms with E-state index < -0.39 is 0 Å². The molecule has 0 aromatic heterocycles. The molecule has 0 heterocycles. The summed E-state index contributed by atoms with van der Waals surface area (Å²) in [5.41, 5.74) is 1.60. The number of carbonyl (C=O) groups is 1. The van der Waals surface area contributed by atoms with E-state index in [-0.39, 0.29) is 5.97 Å². The van der Waals surface area contributed by atoms with E-state index in [2.05, 4.69) is 4.74 Å². The van der Waals surface area contributed by atoms with Crippen LogP contribution in [0.25, 0.3) is 0 Å². The van der Waals surface area contributed by atoms with Crippen molar-refractivity contribution in [3.05, 3.63) is 29.3 Å². The first-order chi connectivity index (χ1) is 7.72. The van der Waals surface area contributed by atoms with E-state index in [9.17, 15) is 4.79 Å². The van der Waals surface area contributed by atoms with Gasteiger partial charge in [0.15, 0.2) is 0 Å². The Morgan fingerprint density at radius 1 is 1.25 bits per heavy atom. The number of esters is 1. The van der Waals surface area contributed by atoms with Crippen LogP contribution in [0.4, 0.5) is 0 Å². The van der Waals surface area contributed by atoms with E-state index in [1.165, 1.54) is 7.11 Å². The largest absolute Gasteiger partial charge is 0.496 e. The third-order valence-electron chi connectivity index (χ3n) is 2.09. The minimum absolute atomic E-state index is 0.342. The summed E-state index contributed by atoms with van der Waals surface area (Å²) in [5.74, 6) is 0.390. The fourth-order valence-electron chi connectivity index (χ4n) is 1.28.